The van der Waals surface area contributed by atoms with Gasteiger partial charge in [-0.05, 0) is 30.5 Å². The molecule has 1 saturated heterocycles. The van der Waals surface area contributed by atoms with Crippen molar-refractivity contribution in [2.75, 3.05) is 13.7 Å². The van der Waals surface area contributed by atoms with Gasteiger partial charge in [-0.3, -0.25) is 4.79 Å². The van der Waals surface area contributed by atoms with Gasteiger partial charge in [-0.15, -0.1) is 0 Å². The number of ether oxygens (including phenoxy) is 1. The van der Waals surface area contributed by atoms with E-state index in [1.807, 2.05) is 47.4 Å². The number of nitrogens with zero attached hydrogens (tertiary/aromatic N) is 3. The van der Waals surface area contributed by atoms with Gasteiger partial charge in [0.25, 0.3) is 0 Å². The summed E-state index contributed by atoms with van der Waals surface area (Å²) in [7, 11) is 1.66. The zero-order valence-corrected chi connectivity index (χ0v) is 17.3. The van der Waals surface area contributed by atoms with E-state index in [1.165, 1.54) is 0 Å². The Bertz CT molecular complexity index is 953. The van der Waals surface area contributed by atoms with Crippen LogP contribution >= 0.6 is 0 Å². The molecular formula is C24H27N3O3. The first kappa shape index (κ1) is 20.1. The van der Waals surface area contributed by atoms with Gasteiger partial charge < -0.3 is 14.2 Å². The third kappa shape index (κ3) is 4.70. The minimum absolute atomic E-state index is 0.105. The van der Waals surface area contributed by atoms with Crippen LogP contribution in [0.4, 0.5) is 0 Å². The minimum Gasteiger partial charge on any atom is -0.497 e. The van der Waals surface area contributed by atoms with Crippen LogP contribution in [0.3, 0.4) is 0 Å². The molecule has 4 rings (SSSR count). The SMILES string of the molecule is COc1ccc([C@H]2CCCCCN2C(=O)CCc2nc(-c3ccccc3)no2)cc1. The molecule has 30 heavy (non-hydrogen) atoms. The lowest BCUT2D eigenvalue weighted by Crippen LogP contribution is -2.35. The molecule has 1 aliphatic rings. The van der Waals surface area contributed by atoms with Crippen molar-refractivity contribution in [2.45, 2.75) is 44.6 Å². The Balaban J connectivity index is 1.43. The van der Waals surface area contributed by atoms with Gasteiger partial charge in [0.15, 0.2) is 0 Å². The van der Waals surface area contributed by atoms with Crippen molar-refractivity contribution in [1.29, 1.82) is 0 Å². The van der Waals surface area contributed by atoms with Gasteiger partial charge in [-0.25, -0.2) is 0 Å². The minimum atomic E-state index is 0.105. The fourth-order valence-electron chi connectivity index (χ4n) is 4.00. The van der Waals surface area contributed by atoms with E-state index < -0.39 is 0 Å². The number of methoxy groups -OCH3 is 1. The largest absolute Gasteiger partial charge is 0.497 e. The molecule has 1 aromatic heterocycles. The lowest BCUT2D eigenvalue weighted by Gasteiger charge is -2.30. The summed E-state index contributed by atoms with van der Waals surface area (Å²) in [5.41, 5.74) is 2.07. The van der Waals surface area contributed by atoms with Crippen molar-refractivity contribution in [3.8, 4) is 17.1 Å². The van der Waals surface area contributed by atoms with Crippen molar-refractivity contribution in [3.63, 3.8) is 0 Å². The number of carbonyl (C=O) groups excluding carboxylic acids is 1. The number of aryl methyl sites for hydroxylation is 1. The Hall–Kier alpha value is -3.15. The smallest absolute Gasteiger partial charge is 0.227 e. The average Bonchev–Trinajstić information content (AvgIpc) is 3.14. The normalized spacial score (nSPS) is 16.8. The monoisotopic (exact) mass is 405 g/mol. The van der Waals surface area contributed by atoms with Crippen LogP contribution in [0, 0.1) is 0 Å². The molecule has 6 nitrogen and oxygen atoms in total. The Morgan fingerprint density at radius 3 is 2.67 bits per heavy atom. The molecule has 1 amide bonds. The van der Waals surface area contributed by atoms with Crippen molar-refractivity contribution in [3.05, 3.63) is 66.1 Å². The lowest BCUT2D eigenvalue weighted by atomic mass is 10.00. The van der Waals surface area contributed by atoms with E-state index >= 15 is 0 Å². The molecule has 1 atom stereocenters. The summed E-state index contributed by atoms with van der Waals surface area (Å²) in [5, 5.41) is 4.05. The maximum Gasteiger partial charge on any atom is 0.227 e. The topological polar surface area (TPSA) is 68.5 Å². The Morgan fingerprint density at radius 2 is 1.90 bits per heavy atom. The van der Waals surface area contributed by atoms with Gasteiger partial charge in [0, 0.05) is 24.9 Å². The first-order valence-electron chi connectivity index (χ1n) is 10.6. The van der Waals surface area contributed by atoms with Crippen molar-refractivity contribution in [1.82, 2.24) is 15.0 Å². The maximum absolute atomic E-state index is 13.1. The molecule has 156 valence electrons. The quantitative estimate of drug-likeness (QED) is 0.588. The number of benzene rings is 2. The molecule has 1 fully saturated rings. The third-order valence-corrected chi connectivity index (χ3v) is 5.63. The highest BCUT2D eigenvalue weighted by Gasteiger charge is 2.27. The zero-order valence-electron chi connectivity index (χ0n) is 17.3. The first-order chi connectivity index (χ1) is 14.7. The van der Waals surface area contributed by atoms with Crippen LogP contribution < -0.4 is 4.74 Å². The number of aromatic nitrogens is 2. The molecule has 2 aromatic carbocycles. The summed E-state index contributed by atoms with van der Waals surface area (Å²) in [4.78, 5) is 19.6. The summed E-state index contributed by atoms with van der Waals surface area (Å²) in [6.45, 7) is 0.786. The number of hydrogen-bond acceptors (Lipinski definition) is 5. The highest BCUT2D eigenvalue weighted by atomic mass is 16.5. The number of rotatable bonds is 6. The standard InChI is InChI=1S/C24H27N3O3/c1-29-20-13-11-18(12-14-20)21-10-6-3-7-17-27(21)23(28)16-15-22-25-24(26-30-22)19-8-4-2-5-9-19/h2,4-5,8-9,11-14,21H,3,6-7,10,15-17H2,1H3/t21-/m1/s1. The van der Waals surface area contributed by atoms with E-state index in [0.717, 1.165) is 49.1 Å². The van der Waals surface area contributed by atoms with Crippen molar-refractivity contribution >= 4 is 5.91 Å². The van der Waals surface area contributed by atoms with Crippen molar-refractivity contribution < 1.29 is 14.1 Å². The van der Waals surface area contributed by atoms with Crippen LogP contribution in [0.5, 0.6) is 5.75 Å². The zero-order chi connectivity index (χ0) is 20.8. The van der Waals surface area contributed by atoms with Gasteiger partial charge in [-0.2, -0.15) is 4.98 Å². The van der Waals surface area contributed by atoms with Crippen LogP contribution in [-0.2, 0) is 11.2 Å². The fourth-order valence-corrected chi connectivity index (χ4v) is 4.00. The van der Waals surface area contributed by atoms with Crippen LogP contribution in [0.25, 0.3) is 11.4 Å². The van der Waals surface area contributed by atoms with Gasteiger partial charge in [0.05, 0.1) is 13.2 Å². The van der Waals surface area contributed by atoms with E-state index in [1.54, 1.807) is 7.11 Å². The second-order valence-corrected chi connectivity index (χ2v) is 7.60. The Morgan fingerprint density at radius 1 is 1.10 bits per heavy atom. The highest BCUT2D eigenvalue weighted by molar-refractivity contribution is 5.77. The average molecular weight is 405 g/mol. The molecular weight excluding hydrogens is 378 g/mol. The Labute approximate surface area is 176 Å². The highest BCUT2D eigenvalue weighted by Crippen LogP contribution is 2.31. The number of carbonyl (C=O) groups is 1. The molecule has 0 unspecified atom stereocenters. The predicted octanol–water partition coefficient (Wildman–Crippen LogP) is 4.82. The van der Waals surface area contributed by atoms with Crippen LogP contribution in [0.1, 0.15) is 49.6 Å². The molecule has 0 saturated carbocycles. The molecule has 0 radical (unpaired) electrons. The number of amides is 1. The molecule has 2 heterocycles. The van der Waals surface area contributed by atoms with Gasteiger partial charge in [0.1, 0.15) is 5.75 Å². The molecule has 3 aromatic rings. The summed E-state index contributed by atoms with van der Waals surface area (Å²) < 4.78 is 10.6. The molecule has 0 N–H and O–H groups in total. The maximum atomic E-state index is 13.1. The fraction of sp³-hybridized carbons (Fsp3) is 0.375. The molecule has 0 aliphatic carbocycles. The van der Waals surface area contributed by atoms with E-state index in [2.05, 4.69) is 22.3 Å². The second-order valence-electron chi connectivity index (χ2n) is 7.60. The predicted molar refractivity (Wildman–Crippen MR) is 114 cm³/mol. The van der Waals surface area contributed by atoms with Crippen molar-refractivity contribution in [2.24, 2.45) is 0 Å². The van der Waals surface area contributed by atoms with Gasteiger partial charge in [0.2, 0.25) is 17.6 Å². The molecule has 6 heteroatoms. The van der Waals surface area contributed by atoms with Crippen LogP contribution in [-0.4, -0.2) is 34.6 Å². The van der Waals surface area contributed by atoms with E-state index in [0.29, 0.717) is 24.6 Å². The van der Waals surface area contributed by atoms with Gasteiger partial charge >= 0.3 is 0 Å². The van der Waals surface area contributed by atoms with E-state index in [-0.39, 0.29) is 11.9 Å². The third-order valence-electron chi connectivity index (χ3n) is 5.63. The van der Waals surface area contributed by atoms with Gasteiger partial charge in [-0.1, -0.05) is 60.5 Å². The van der Waals surface area contributed by atoms with E-state index in [4.69, 9.17) is 9.26 Å². The summed E-state index contributed by atoms with van der Waals surface area (Å²) in [5.74, 6) is 2.02. The summed E-state index contributed by atoms with van der Waals surface area (Å²) >= 11 is 0. The molecule has 0 spiro atoms. The molecule has 0 bridgehead atoms. The number of hydrogen-bond donors (Lipinski definition) is 0. The molecule has 1 aliphatic heterocycles. The first-order valence-corrected chi connectivity index (χ1v) is 10.6. The Kier molecular flexibility index (Phi) is 6.42. The van der Waals surface area contributed by atoms with E-state index in [9.17, 15) is 4.79 Å². The summed E-state index contributed by atoms with van der Waals surface area (Å²) in [6, 6.07) is 17.9. The van der Waals surface area contributed by atoms with Crippen LogP contribution in [0.2, 0.25) is 0 Å². The lowest BCUT2D eigenvalue weighted by molar-refractivity contribution is -0.133. The summed E-state index contributed by atoms with van der Waals surface area (Å²) in [6.07, 6.45) is 5.12. The van der Waals surface area contributed by atoms with Crippen LogP contribution in [0.15, 0.2) is 59.1 Å². The number of likely N-dealkylation sites (tertiary alicyclic amines) is 1. The second kappa shape index (κ2) is 9.57.